The van der Waals surface area contributed by atoms with Crippen molar-refractivity contribution in [2.75, 3.05) is 37.7 Å². The molecule has 1 N–H and O–H groups in total. The van der Waals surface area contributed by atoms with Gasteiger partial charge in [-0.3, -0.25) is 4.90 Å². The number of fused-ring (bicyclic) bond motifs is 4. The molecule has 0 unspecified atom stereocenters. The van der Waals surface area contributed by atoms with E-state index in [9.17, 15) is 4.39 Å². The number of piperazine rings is 1. The zero-order chi connectivity index (χ0) is 30.9. The number of halogens is 2. The molecule has 232 valence electrons. The van der Waals surface area contributed by atoms with E-state index in [4.69, 9.17) is 26.1 Å². The van der Waals surface area contributed by atoms with Crippen molar-refractivity contribution in [2.45, 2.75) is 70.0 Å². The van der Waals surface area contributed by atoms with Gasteiger partial charge < -0.3 is 15.0 Å². The van der Waals surface area contributed by atoms with Crippen LogP contribution in [-0.4, -0.2) is 70.3 Å². The predicted octanol–water partition coefficient (Wildman–Crippen LogP) is 5.86. The maximum Gasteiger partial charge on any atom is 0.319 e. The summed E-state index contributed by atoms with van der Waals surface area (Å²) in [6.45, 7) is 8.61. The number of rotatable bonds is 5. The molecule has 0 saturated carbocycles. The summed E-state index contributed by atoms with van der Waals surface area (Å²) in [6, 6.07) is 9.10. The minimum atomic E-state index is -0.572. The SMILES string of the molecule is C#Cc1c(F)ccc2cccc(-c3nc4c5c(nc(OCC67CCCN6CCC7)nc5c3F)N3C[C@@H](CC)NC[C@@H]3[C@@H](C)C4)c12. The first-order chi connectivity index (χ1) is 21.9. The number of terminal acetylenes is 1. The maximum atomic E-state index is 17.1. The van der Waals surface area contributed by atoms with Crippen molar-refractivity contribution < 1.29 is 13.5 Å². The highest BCUT2D eigenvalue weighted by molar-refractivity contribution is 6.02. The van der Waals surface area contributed by atoms with Crippen LogP contribution in [0.3, 0.4) is 0 Å². The Hall–Kier alpha value is -3.87. The molecule has 0 aliphatic carbocycles. The average Bonchev–Trinajstić information content (AvgIpc) is 3.62. The van der Waals surface area contributed by atoms with Crippen LogP contribution in [0, 0.1) is 29.9 Å². The maximum absolute atomic E-state index is 17.1. The van der Waals surface area contributed by atoms with E-state index in [1.165, 1.54) is 6.07 Å². The first-order valence-electron chi connectivity index (χ1n) is 16.4. The summed E-state index contributed by atoms with van der Waals surface area (Å²) < 4.78 is 38.5. The zero-order valence-corrected chi connectivity index (χ0v) is 25.9. The van der Waals surface area contributed by atoms with E-state index < -0.39 is 11.6 Å². The van der Waals surface area contributed by atoms with Gasteiger partial charge in [0, 0.05) is 36.1 Å². The number of nitrogens with zero attached hydrogens (tertiary/aromatic N) is 5. The van der Waals surface area contributed by atoms with Crippen molar-refractivity contribution in [3.05, 3.63) is 53.2 Å². The molecule has 2 aromatic heterocycles. The topological polar surface area (TPSA) is 66.4 Å². The van der Waals surface area contributed by atoms with Crippen LogP contribution in [0.5, 0.6) is 6.01 Å². The molecular weight excluding hydrogens is 570 g/mol. The number of nitrogens with one attached hydrogen (secondary N) is 1. The van der Waals surface area contributed by atoms with Crippen LogP contribution in [0.1, 0.15) is 57.2 Å². The second-order valence-corrected chi connectivity index (χ2v) is 13.4. The molecule has 3 fully saturated rings. The second-order valence-electron chi connectivity index (χ2n) is 13.4. The van der Waals surface area contributed by atoms with Crippen molar-refractivity contribution in [1.29, 1.82) is 0 Å². The van der Waals surface area contributed by atoms with Crippen LogP contribution in [0.4, 0.5) is 14.6 Å². The first kappa shape index (κ1) is 28.6. The smallest absolute Gasteiger partial charge is 0.319 e. The molecule has 6 heterocycles. The number of aromatic nitrogens is 3. The molecule has 0 spiro atoms. The molecule has 3 atom stereocenters. The summed E-state index contributed by atoms with van der Waals surface area (Å²) >= 11 is 0. The van der Waals surface area contributed by atoms with Gasteiger partial charge in [0.05, 0.1) is 22.2 Å². The molecule has 9 heteroatoms. The van der Waals surface area contributed by atoms with Gasteiger partial charge in [0.1, 0.15) is 29.5 Å². The minimum absolute atomic E-state index is 0.00238. The summed E-state index contributed by atoms with van der Waals surface area (Å²) in [4.78, 5) is 19.7. The van der Waals surface area contributed by atoms with Crippen LogP contribution >= 0.6 is 0 Å². The van der Waals surface area contributed by atoms with Gasteiger partial charge in [0.25, 0.3) is 0 Å². The van der Waals surface area contributed by atoms with Crippen molar-refractivity contribution in [3.8, 4) is 29.6 Å². The van der Waals surface area contributed by atoms with E-state index in [0.29, 0.717) is 41.2 Å². The van der Waals surface area contributed by atoms with Crippen LogP contribution in [0.2, 0.25) is 0 Å². The van der Waals surface area contributed by atoms with Gasteiger partial charge in [0.15, 0.2) is 5.82 Å². The third-order valence-corrected chi connectivity index (χ3v) is 10.9. The van der Waals surface area contributed by atoms with Crippen LogP contribution in [-0.2, 0) is 6.42 Å². The van der Waals surface area contributed by atoms with Gasteiger partial charge in [-0.25, -0.2) is 13.8 Å². The Bertz CT molecular complexity index is 1860. The quantitative estimate of drug-likeness (QED) is 0.285. The van der Waals surface area contributed by atoms with Crippen LogP contribution < -0.4 is 15.0 Å². The summed E-state index contributed by atoms with van der Waals surface area (Å²) in [6.07, 6.45) is 11.9. The molecule has 45 heavy (non-hydrogen) atoms. The fraction of sp³-hybridized carbons (Fsp3) is 0.472. The number of benzene rings is 2. The van der Waals surface area contributed by atoms with Crippen molar-refractivity contribution in [3.63, 3.8) is 0 Å². The highest BCUT2D eigenvalue weighted by Gasteiger charge is 2.45. The predicted molar refractivity (Wildman–Crippen MR) is 172 cm³/mol. The standard InChI is InChI=1S/C36H38F2N6O/c1-4-23-19-44-28(18-39-23)21(3)17-27-30-33(41-35(42-34(30)44)45-20-36-13-7-15-43(36)16-8-14-36)31(38)32(40-27)25-10-6-9-22-11-12-26(37)24(5-2)29(22)25/h2,6,9-12,21,23,28,39H,4,7-8,13-20H2,1,3H3/t21-,23+,28+/m0/s1. The molecule has 0 amide bonds. The van der Waals surface area contributed by atoms with Gasteiger partial charge in [-0.05, 0) is 69.0 Å². The number of anilines is 1. The lowest BCUT2D eigenvalue weighted by Gasteiger charge is -2.42. The average molecular weight is 609 g/mol. The van der Waals surface area contributed by atoms with Gasteiger partial charge in [-0.1, -0.05) is 44.0 Å². The zero-order valence-electron chi connectivity index (χ0n) is 25.9. The molecule has 2 aromatic carbocycles. The van der Waals surface area contributed by atoms with E-state index >= 15 is 4.39 Å². The molecule has 8 rings (SSSR count). The van der Waals surface area contributed by atoms with Gasteiger partial charge >= 0.3 is 6.01 Å². The molecule has 4 aliphatic rings. The van der Waals surface area contributed by atoms with Crippen molar-refractivity contribution >= 4 is 27.5 Å². The van der Waals surface area contributed by atoms with Crippen molar-refractivity contribution in [1.82, 2.24) is 25.2 Å². The highest BCUT2D eigenvalue weighted by Crippen LogP contribution is 2.43. The summed E-state index contributed by atoms with van der Waals surface area (Å²) in [5.74, 6) is 2.30. The van der Waals surface area contributed by atoms with Gasteiger partial charge in [0.2, 0.25) is 0 Å². The highest BCUT2D eigenvalue weighted by atomic mass is 19.1. The van der Waals surface area contributed by atoms with Gasteiger partial charge in [-0.15, -0.1) is 6.42 Å². The Morgan fingerprint density at radius 2 is 1.91 bits per heavy atom. The van der Waals surface area contributed by atoms with Gasteiger partial charge in [-0.2, -0.15) is 9.97 Å². The summed E-state index contributed by atoms with van der Waals surface area (Å²) in [5.41, 5.74) is 1.60. The normalized spacial score (nSPS) is 24.0. The Labute approximate surface area is 262 Å². The van der Waals surface area contributed by atoms with E-state index in [1.807, 2.05) is 12.1 Å². The molecule has 3 saturated heterocycles. The van der Waals surface area contributed by atoms with E-state index in [2.05, 4.69) is 34.9 Å². The third-order valence-electron chi connectivity index (χ3n) is 10.9. The number of pyridine rings is 1. The van der Waals surface area contributed by atoms with Crippen LogP contribution in [0.25, 0.3) is 32.9 Å². The molecule has 7 nitrogen and oxygen atoms in total. The number of hydrogen-bond acceptors (Lipinski definition) is 7. The fourth-order valence-electron chi connectivity index (χ4n) is 8.46. The molecular formula is C36H38F2N6O. The third kappa shape index (κ3) is 4.48. The Kier molecular flexibility index (Phi) is 6.92. The fourth-order valence-corrected chi connectivity index (χ4v) is 8.46. The molecule has 0 radical (unpaired) electrons. The lowest BCUT2D eigenvalue weighted by atomic mass is 9.93. The second kappa shape index (κ2) is 10.9. The lowest BCUT2D eigenvalue weighted by molar-refractivity contribution is 0.108. The first-order valence-corrected chi connectivity index (χ1v) is 16.4. The Balaban J connectivity index is 1.34. The van der Waals surface area contributed by atoms with E-state index in [0.717, 1.165) is 69.4 Å². The Morgan fingerprint density at radius 3 is 2.69 bits per heavy atom. The monoisotopic (exact) mass is 608 g/mol. The summed E-state index contributed by atoms with van der Waals surface area (Å²) in [7, 11) is 0. The summed E-state index contributed by atoms with van der Waals surface area (Å²) in [5, 5.41) is 5.54. The molecule has 0 bridgehead atoms. The van der Waals surface area contributed by atoms with Crippen molar-refractivity contribution in [2.24, 2.45) is 5.92 Å². The number of hydrogen-bond donors (Lipinski definition) is 1. The lowest BCUT2D eigenvalue weighted by Crippen LogP contribution is -2.58. The molecule has 4 aromatic rings. The minimum Gasteiger partial charge on any atom is -0.461 e. The largest absolute Gasteiger partial charge is 0.461 e. The number of ether oxygens (including phenoxy) is 1. The molecule has 4 aliphatic heterocycles. The van der Waals surface area contributed by atoms with E-state index in [1.54, 1.807) is 12.1 Å². The van der Waals surface area contributed by atoms with E-state index in [-0.39, 0.29) is 40.3 Å². The Morgan fingerprint density at radius 1 is 1.09 bits per heavy atom. The van der Waals surface area contributed by atoms with Crippen LogP contribution in [0.15, 0.2) is 30.3 Å².